The van der Waals surface area contributed by atoms with Crippen molar-refractivity contribution < 1.29 is 24.5 Å². The molecule has 0 heterocycles. The predicted molar refractivity (Wildman–Crippen MR) is 255 cm³/mol. The predicted octanol–water partition coefficient (Wildman–Crippen LogP) is 15.3. The third-order valence-electron chi connectivity index (χ3n) is 11.6. The standard InChI is InChI=1S/C53H99NO5/c1-3-5-7-9-11-13-26-31-35-39-43-47-53(58)59-48-44-40-36-32-28-25-23-21-19-17-15-14-16-18-20-22-24-27-30-34-38-42-46-52(57)54-50(49-55)51(56)45-41-37-33-29-12-10-8-6-4-2/h9,11,16,18,41,45,50-51,55-56H,3-8,10,12-15,17,19-40,42-44,46-49H2,1-2H3,(H,54,57)/b11-9-,18-16-,45-41+. The summed E-state index contributed by atoms with van der Waals surface area (Å²) >= 11 is 0. The molecule has 0 aromatic carbocycles. The number of amides is 1. The number of nitrogens with one attached hydrogen (secondary N) is 1. The molecule has 0 spiro atoms. The number of rotatable bonds is 47. The highest BCUT2D eigenvalue weighted by molar-refractivity contribution is 5.76. The molecule has 59 heavy (non-hydrogen) atoms. The Morgan fingerprint density at radius 1 is 0.458 bits per heavy atom. The lowest BCUT2D eigenvalue weighted by Crippen LogP contribution is -2.45. The van der Waals surface area contributed by atoms with E-state index in [1.54, 1.807) is 6.08 Å². The molecule has 0 saturated heterocycles. The highest BCUT2D eigenvalue weighted by Crippen LogP contribution is 2.15. The van der Waals surface area contributed by atoms with Crippen molar-refractivity contribution in [1.29, 1.82) is 0 Å². The highest BCUT2D eigenvalue weighted by Gasteiger charge is 2.18. The van der Waals surface area contributed by atoms with Crippen LogP contribution in [0.1, 0.15) is 264 Å². The Morgan fingerprint density at radius 2 is 0.814 bits per heavy atom. The summed E-state index contributed by atoms with van der Waals surface area (Å²) in [5, 5.41) is 22.9. The topological polar surface area (TPSA) is 95.9 Å². The minimum absolute atomic E-state index is 0.00266. The maximum absolute atomic E-state index is 12.4. The van der Waals surface area contributed by atoms with Crippen molar-refractivity contribution >= 4 is 11.9 Å². The lowest BCUT2D eigenvalue weighted by Gasteiger charge is -2.20. The van der Waals surface area contributed by atoms with E-state index in [4.69, 9.17) is 4.74 Å². The summed E-state index contributed by atoms with van der Waals surface area (Å²) in [5.41, 5.74) is 0. The molecule has 0 aromatic rings. The smallest absolute Gasteiger partial charge is 0.305 e. The lowest BCUT2D eigenvalue weighted by atomic mass is 10.0. The van der Waals surface area contributed by atoms with E-state index in [-0.39, 0.29) is 18.5 Å². The highest BCUT2D eigenvalue weighted by atomic mass is 16.5. The zero-order valence-electron chi connectivity index (χ0n) is 39.2. The van der Waals surface area contributed by atoms with Crippen LogP contribution in [0.25, 0.3) is 0 Å². The Hall–Kier alpha value is -1.92. The Kier molecular flexibility index (Phi) is 47.2. The van der Waals surface area contributed by atoms with E-state index < -0.39 is 12.1 Å². The molecular weight excluding hydrogens is 731 g/mol. The molecule has 0 aliphatic heterocycles. The first kappa shape index (κ1) is 57.1. The van der Waals surface area contributed by atoms with Gasteiger partial charge >= 0.3 is 5.97 Å². The van der Waals surface area contributed by atoms with Crippen LogP contribution in [-0.2, 0) is 14.3 Å². The number of aliphatic hydroxyl groups is 2. The first-order valence-electron chi connectivity index (χ1n) is 25.8. The van der Waals surface area contributed by atoms with Crippen molar-refractivity contribution in [2.45, 2.75) is 276 Å². The van der Waals surface area contributed by atoms with Crippen LogP contribution in [0, 0.1) is 0 Å². The van der Waals surface area contributed by atoms with Gasteiger partial charge in [0.15, 0.2) is 0 Å². The van der Waals surface area contributed by atoms with Crippen LogP contribution in [0.5, 0.6) is 0 Å². The third kappa shape index (κ3) is 45.4. The fourth-order valence-corrected chi connectivity index (χ4v) is 7.61. The summed E-state index contributed by atoms with van der Waals surface area (Å²) < 4.78 is 5.44. The summed E-state index contributed by atoms with van der Waals surface area (Å²) in [4.78, 5) is 24.3. The number of carbonyl (C=O) groups excluding carboxylic acids is 2. The van der Waals surface area contributed by atoms with Gasteiger partial charge in [0.1, 0.15) is 0 Å². The number of esters is 1. The first-order valence-corrected chi connectivity index (χ1v) is 25.8. The quantitative estimate of drug-likeness (QED) is 0.0323. The van der Waals surface area contributed by atoms with Crippen LogP contribution in [0.2, 0.25) is 0 Å². The second-order valence-corrected chi connectivity index (χ2v) is 17.5. The van der Waals surface area contributed by atoms with E-state index in [0.29, 0.717) is 19.4 Å². The average molecular weight is 830 g/mol. The molecule has 0 bridgehead atoms. The Morgan fingerprint density at radius 3 is 1.25 bits per heavy atom. The van der Waals surface area contributed by atoms with Crippen LogP contribution in [-0.4, -0.2) is 47.4 Å². The van der Waals surface area contributed by atoms with Gasteiger partial charge in [0.05, 0.1) is 25.4 Å². The van der Waals surface area contributed by atoms with Crippen molar-refractivity contribution in [2.75, 3.05) is 13.2 Å². The summed E-state index contributed by atoms with van der Waals surface area (Å²) in [5.74, 6) is -0.0813. The second kappa shape index (κ2) is 48.7. The fourth-order valence-electron chi connectivity index (χ4n) is 7.61. The number of carbonyl (C=O) groups is 2. The molecule has 2 atom stereocenters. The maximum atomic E-state index is 12.4. The van der Waals surface area contributed by atoms with Gasteiger partial charge in [-0.3, -0.25) is 9.59 Å². The molecule has 1 amide bonds. The number of allylic oxidation sites excluding steroid dienone is 5. The fraction of sp³-hybridized carbons (Fsp3) is 0.849. The van der Waals surface area contributed by atoms with E-state index in [0.717, 1.165) is 51.4 Å². The molecule has 0 rings (SSSR count). The maximum Gasteiger partial charge on any atom is 0.305 e. The number of hydrogen-bond donors (Lipinski definition) is 3. The molecule has 0 aliphatic rings. The van der Waals surface area contributed by atoms with Gasteiger partial charge in [-0.05, 0) is 77.0 Å². The summed E-state index contributed by atoms with van der Waals surface area (Å²) in [6, 6.07) is -0.630. The monoisotopic (exact) mass is 830 g/mol. The van der Waals surface area contributed by atoms with E-state index in [1.165, 1.54) is 186 Å². The van der Waals surface area contributed by atoms with Gasteiger partial charge in [-0.2, -0.15) is 0 Å². The minimum Gasteiger partial charge on any atom is -0.466 e. The molecule has 2 unspecified atom stereocenters. The number of unbranched alkanes of at least 4 members (excludes halogenated alkanes) is 32. The molecular formula is C53H99NO5. The van der Waals surface area contributed by atoms with Crippen LogP contribution in [0.3, 0.4) is 0 Å². The van der Waals surface area contributed by atoms with Gasteiger partial charge in [-0.1, -0.05) is 211 Å². The Balaban J connectivity index is 3.42. The van der Waals surface area contributed by atoms with Gasteiger partial charge in [-0.25, -0.2) is 0 Å². The first-order chi connectivity index (χ1) is 29.0. The molecule has 6 heteroatoms. The normalized spacial score (nSPS) is 12.9. The Bertz CT molecular complexity index is 962. The van der Waals surface area contributed by atoms with Crippen LogP contribution in [0.4, 0.5) is 0 Å². The molecule has 0 saturated carbocycles. The third-order valence-corrected chi connectivity index (χ3v) is 11.6. The molecule has 6 nitrogen and oxygen atoms in total. The SMILES string of the molecule is CCCC/C=C\CCCCCCCC(=O)OCCCCCCCCCCCCC/C=C\CCCCCCCCCC(=O)NC(CO)C(O)/C=C/CCCCCCCCC. The zero-order chi connectivity index (χ0) is 43.0. The van der Waals surface area contributed by atoms with Crippen molar-refractivity contribution in [2.24, 2.45) is 0 Å². The van der Waals surface area contributed by atoms with Crippen LogP contribution < -0.4 is 5.32 Å². The number of ether oxygens (including phenoxy) is 1. The van der Waals surface area contributed by atoms with E-state index in [2.05, 4.69) is 43.5 Å². The van der Waals surface area contributed by atoms with Gasteiger partial charge < -0.3 is 20.3 Å². The van der Waals surface area contributed by atoms with Crippen molar-refractivity contribution in [1.82, 2.24) is 5.32 Å². The van der Waals surface area contributed by atoms with E-state index in [1.807, 2.05) is 6.08 Å². The van der Waals surface area contributed by atoms with E-state index >= 15 is 0 Å². The molecule has 0 aromatic heterocycles. The van der Waals surface area contributed by atoms with Gasteiger partial charge in [0.25, 0.3) is 0 Å². The lowest BCUT2D eigenvalue weighted by molar-refractivity contribution is -0.143. The molecule has 3 N–H and O–H groups in total. The van der Waals surface area contributed by atoms with Crippen molar-refractivity contribution in [3.05, 3.63) is 36.5 Å². The second-order valence-electron chi connectivity index (χ2n) is 17.5. The molecule has 0 aliphatic carbocycles. The number of aliphatic hydroxyl groups excluding tert-OH is 2. The van der Waals surface area contributed by atoms with Crippen molar-refractivity contribution in [3.8, 4) is 0 Å². The minimum atomic E-state index is -0.846. The number of hydrogen-bond acceptors (Lipinski definition) is 5. The van der Waals surface area contributed by atoms with Crippen LogP contribution >= 0.6 is 0 Å². The van der Waals surface area contributed by atoms with Crippen molar-refractivity contribution in [3.63, 3.8) is 0 Å². The van der Waals surface area contributed by atoms with Gasteiger partial charge in [-0.15, -0.1) is 0 Å². The largest absolute Gasteiger partial charge is 0.466 e. The summed E-state index contributed by atoms with van der Waals surface area (Å²) in [7, 11) is 0. The van der Waals surface area contributed by atoms with Gasteiger partial charge in [0, 0.05) is 12.8 Å². The molecule has 0 fully saturated rings. The summed E-state index contributed by atoms with van der Waals surface area (Å²) in [6.07, 6.45) is 58.7. The van der Waals surface area contributed by atoms with Gasteiger partial charge in [0.2, 0.25) is 5.91 Å². The van der Waals surface area contributed by atoms with Crippen LogP contribution in [0.15, 0.2) is 36.5 Å². The zero-order valence-corrected chi connectivity index (χ0v) is 39.2. The average Bonchev–Trinajstić information content (AvgIpc) is 3.24. The summed E-state index contributed by atoms with van der Waals surface area (Å²) in [6.45, 7) is 4.82. The van der Waals surface area contributed by atoms with E-state index in [9.17, 15) is 19.8 Å². The molecule has 0 radical (unpaired) electrons. The Labute approximate surface area is 366 Å². The molecule has 346 valence electrons.